The second-order valence-corrected chi connectivity index (χ2v) is 5.26. The van der Waals surface area contributed by atoms with E-state index in [9.17, 15) is 5.11 Å². The molecule has 0 aromatic carbocycles. The quantitative estimate of drug-likeness (QED) is 0.809. The van der Waals surface area contributed by atoms with Crippen LogP contribution < -0.4 is 5.32 Å². The molecule has 0 aliphatic carbocycles. The molecule has 0 radical (unpaired) electrons. The minimum atomic E-state index is -0.771. The lowest BCUT2D eigenvalue weighted by molar-refractivity contribution is -0.00604. The van der Waals surface area contributed by atoms with E-state index >= 15 is 0 Å². The first kappa shape index (κ1) is 13.3. The third-order valence-corrected chi connectivity index (χ3v) is 3.30. The van der Waals surface area contributed by atoms with Crippen molar-refractivity contribution in [3.63, 3.8) is 0 Å². The van der Waals surface area contributed by atoms with Crippen LogP contribution in [0.5, 0.6) is 0 Å². The van der Waals surface area contributed by atoms with Crippen LogP contribution >= 0.6 is 0 Å². The van der Waals surface area contributed by atoms with Crippen molar-refractivity contribution in [1.29, 1.82) is 0 Å². The van der Waals surface area contributed by atoms with Gasteiger partial charge in [-0.2, -0.15) is 0 Å². The number of aliphatic hydroxyl groups is 1. The monoisotopic (exact) mass is 225 g/mol. The Morgan fingerprint density at radius 1 is 1.19 bits per heavy atom. The number of hydrogen-bond donors (Lipinski definition) is 2. The van der Waals surface area contributed by atoms with Crippen molar-refractivity contribution in [2.24, 2.45) is 0 Å². The van der Waals surface area contributed by atoms with Gasteiger partial charge in [0.05, 0.1) is 12.1 Å². The van der Waals surface area contributed by atoms with E-state index in [1.807, 2.05) is 26.0 Å². The van der Waals surface area contributed by atoms with Gasteiger partial charge in [0.15, 0.2) is 0 Å². The Hall–Kier alpha value is -0.800. The zero-order valence-corrected chi connectivity index (χ0v) is 10.9. The van der Waals surface area contributed by atoms with Crippen LogP contribution in [0.2, 0.25) is 0 Å². The molecule has 0 aliphatic rings. The Balaban J connectivity index is 2.57. The van der Waals surface area contributed by atoms with Gasteiger partial charge < -0.3 is 14.8 Å². The maximum Gasteiger partial charge on any atom is 0.117 e. The lowest BCUT2D eigenvalue weighted by Gasteiger charge is -2.38. The average molecular weight is 225 g/mol. The molecule has 3 heteroatoms. The third-order valence-electron chi connectivity index (χ3n) is 3.30. The van der Waals surface area contributed by atoms with Crippen molar-refractivity contribution in [3.8, 4) is 0 Å². The van der Waals surface area contributed by atoms with Gasteiger partial charge in [0.25, 0.3) is 0 Å². The Kier molecular flexibility index (Phi) is 3.81. The van der Waals surface area contributed by atoms with E-state index in [0.29, 0.717) is 6.54 Å². The highest BCUT2D eigenvalue weighted by Gasteiger charge is 2.34. The molecule has 0 atom stereocenters. The molecule has 0 amide bonds. The number of rotatable bonds is 5. The summed E-state index contributed by atoms with van der Waals surface area (Å²) in [5.41, 5.74) is -1.13. The standard InChI is InChI=1S/C13H23NO2/c1-6-10-7-8-11(16-10)9-14-12(2,3)13(4,5)15/h7-8,14-15H,6,9H2,1-5H3. The van der Waals surface area contributed by atoms with E-state index in [0.717, 1.165) is 17.9 Å². The van der Waals surface area contributed by atoms with E-state index in [-0.39, 0.29) is 5.54 Å². The highest BCUT2D eigenvalue weighted by Crippen LogP contribution is 2.21. The van der Waals surface area contributed by atoms with Crippen molar-refractivity contribution in [1.82, 2.24) is 5.32 Å². The van der Waals surface area contributed by atoms with Gasteiger partial charge in [-0.3, -0.25) is 0 Å². The van der Waals surface area contributed by atoms with Crippen LogP contribution in [0.4, 0.5) is 0 Å². The Morgan fingerprint density at radius 3 is 2.19 bits per heavy atom. The van der Waals surface area contributed by atoms with E-state index < -0.39 is 5.60 Å². The van der Waals surface area contributed by atoms with Crippen LogP contribution in [0, 0.1) is 0 Å². The Bertz CT molecular complexity index is 334. The number of hydrogen-bond acceptors (Lipinski definition) is 3. The SMILES string of the molecule is CCc1ccc(CNC(C)(C)C(C)(C)O)o1. The first-order chi connectivity index (χ1) is 7.26. The van der Waals surface area contributed by atoms with Crippen molar-refractivity contribution in [2.45, 2.75) is 58.7 Å². The van der Waals surface area contributed by atoms with Gasteiger partial charge in [0.2, 0.25) is 0 Å². The van der Waals surface area contributed by atoms with Crippen molar-refractivity contribution in [3.05, 3.63) is 23.7 Å². The summed E-state index contributed by atoms with van der Waals surface area (Å²) in [4.78, 5) is 0. The molecule has 1 aromatic rings. The third kappa shape index (κ3) is 3.09. The van der Waals surface area contributed by atoms with Gasteiger partial charge in [0, 0.05) is 12.0 Å². The molecule has 0 saturated heterocycles. The summed E-state index contributed by atoms with van der Waals surface area (Å²) in [5.74, 6) is 1.91. The Morgan fingerprint density at radius 2 is 1.75 bits per heavy atom. The molecule has 3 nitrogen and oxygen atoms in total. The Labute approximate surface area is 97.9 Å². The summed E-state index contributed by atoms with van der Waals surface area (Å²) in [6, 6.07) is 3.97. The highest BCUT2D eigenvalue weighted by molar-refractivity contribution is 5.07. The number of nitrogens with one attached hydrogen (secondary N) is 1. The molecule has 1 aromatic heterocycles. The van der Waals surface area contributed by atoms with E-state index in [2.05, 4.69) is 12.2 Å². The molecular formula is C13H23NO2. The second kappa shape index (κ2) is 4.60. The minimum Gasteiger partial charge on any atom is -0.465 e. The molecule has 0 aliphatic heterocycles. The zero-order chi connectivity index (χ0) is 12.4. The van der Waals surface area contributed by atoms with Gasteiger partial charge >= 0.3 is 0 Å². The summed E-state index contributed by atoms with van der Waals surface area (Å²) in [6.07, 6.45) is 0.912. The predicted octanol–water partition coefficient (Wildman–Crippen LogP) is 2.48. The van der Waals surface area contributed by atoms with Crippen LogP contribution in [0.15, 0.2) is 16.5 Å². The van der Waals surface area contributed by atoms with Crippen LogP contribution in [-0.2, 0) is 13.0 Å². The highest BCUT2D eigenvalue weighted by atomic mass is 16.3. The van der Waals surface area contributed by atoms with Gasteiger partial charge in [-0.1, -0.05) is 6.92 Å². The minimum absolute atomic E-state index is 0.355. The first-order valence-corrected chi connectivity index (χ1v) is 5.81. The molecule has 0 saturated carbocycles. The predicted molar refractivity (Wildman–Crippen MR) is 65.3 cm³/mol. The van der Waals surface area contributed by atoms with E-state index in [4.69, 9.17) is 4.42 Å². The largest absolute Gasteiger partial charge is 0.465 e. The van der Waals surface area contributed by atoms with Gasteiger partial charge in [-0.15, -0.1) is 0 Å². The normalized spacial score (nSPS) is 13.1. The molecule has 92 valence electrons. The molecule has 0 spiro atoms. The molecule has 0 bridgehead atoms. The maximum absolute atomic E-state index is 9.98. The van der Waals surface area contributed by atoms with Crippen molar-refractivity contribution in [2.75, 3.05) is 0 Å². The van der Waals surface area contributed by atoms with Gasteiger partial charge in [-0.25, -0.2) is 0 Å². The topological polar surface area (TPSA) is 45.4 Å². The van der Waals surface area contributed by atoms with Crippen molar-refractivity contribution >= 4 is 0 Å². The van der Waals surface area contributed by atoms with E-state index in [1.165, 1.54) is 0 Å². The smallest absolute Gasteiger partial charge is 0.117 e. The summed E-state index contributed by atoms with van der Waals surface area (Å²) in [6.45, 7) is 10.3. The lowest BCUT2D eigenvalue weighted by Crippen LogP contribution is -2.55. The number of furan rings is 1. The molecule has 1 heterocycles. The molecular weight excluding hydrogens is 202 g/mol. The second-order valence-electron chi connectivity index (χ2n) is 5.26. The molecule has 1 rings (SSSR count). The summed E-state index contributed by atoms with van der Waals surface area (Å²) in [5, 5.41) is 13.3. The number of aryl methyl sites for hydroxylation is 1. The van der Waals surface area contributed by atoms with Crippen LogP contribution in [0.25, 0.3) is 0 Å². The van der Waals surface area contributed by atoms with Gasteiger partial charge in [-0.05, 0) is 39.8 Å². The molecule has 0 unspecified atom stereocenters. The molecule has 16 heavy (non-hydrogen) atoms. The lowest BCUT2D eigenvalue weighted by atomic mass is 9.86. The fourth-order valence-corrected chi connectivity index (χ4v) is 1.23. The average Bonchev–Trinajstić information content (AvgIpc) is 2.60. The first-order valence-electron chi connectivity index (χ1n) is 5.81. The van der Waals surface area contributed by atoms with Crippen LogP contribution in [0.3, 0.4) is 0 Å². The maximum atomic E-state index is 9.98. The zero-order valence-electron chi connectivity index (χ0n) is 10.9. The molecule has 0 fully saturated rings. The summed E-state index contributed by atoms with van der Waals surface area (Å²) < 4.78 is 5.60. The van der Waals surface area contributed by atoms with Crippen LogP contribution in [0.1, 0.15) is 46.1 Å². The van der Waals surface area contributed by atoms with Crippen molar-refractivity contribution < 1.29 is 9.52 Å². The fraction of sp³-hybridized carbons (Fsp3) is 0.692. The van der Waals surface area contributed by atoms with Gasteiger partial charge in [0.1, 0.15) is 11.5 Å². The van der Waals surface area contributed by atoms with Crippen LogP contribution in [-0.4, -0.2) is 16.2 Å². The summed E-state index contributed by atoms with van der Waals surface area (Å²) in [7, 11) is 0. The summed E-state index contributed by atoms with van der Waals surface area (Å²) >= 11 is 0. The molecule has 2 N–H and O–H groups in total. The fourth-order valence-electron chi connectivity index (χ4n) is 1.23. The van der Waals surface area contributed by atoms with E-state index in [1.54, 1.807) is 13.8 Å².